The van der Waals surface area contributed by atoms with Crippen LogP contribution >= 0.6 is 0 Å². The molecule has 0 aliphatic carbocycles. The van der Waals surface area contributed by atoms with E-state index in [1.807, 2.05) is 0 Å². The number of rotatable bonds is 7. The molecule has 24 heavy (non-hydrogen) atoms. The number of halogens is 1. The van der Waals surface area contributed by atoms with Gasteiger partial charge in [0.15, 0.2) is 13.2 Å². The van der Waals surface area contributed by atoms with Crippen molar-refractivity contribution in [1.29, 1.82) is 0 Å². The van der Waals surface area contributed by atoms with Gasteiger partial charge >= 0.3 is 5.97 Å². The number of esters is 1. The Morgan fingerprint density at radius 3 is 2.54 bits per heavy atom. The predicted octanol–water partition coefficient (Wildman–Crippen LogP) is 2.40. The smallest absolute Gasteiger partial charge is 0.344 e. The second-order valence-corrected chi connectivity index (χ2v) is 4.69. The van der Waals surface area contributed by atoms with Crippen molar-refractivity contribution >= 4 is 17.6 Å². The minimum Gasteiger partial charge on any atom is -0.497 e. The molecule has 0 saturated heterocycles. The summed E-state index contributed by atoms with van der Waals surface area (Å²) >= 11 is 0. The van der Waals surface area contributed by atoms with Crippen LogP contribution in [0.15, 0.2) is 48.5 Å². The number of hydrogen-bond acceptors (Lipinski definition) is 5. The lowest BCUT2D eigenvalue weighted by atomic mass is 10.3. The molecule has 0 radical (unpaired) electrons. The van der Waals surface area contributed by atoms with E-state index >= 15 is 0 Å². The monoisotopic (exact) mass is 333 g/mol. The first-order valence-electron chi connectivity index (χ1n) is 7.05. The van der Waals surface area contributed by atoms with Crippen LogP contribution in [0, 0.1) is 5.82 Å². The van der Waals surface area contributed by atoms with Crippen LogP contribution in [0.5, 0.6) is 11.5 Å². The van der Waals surface area contributed by atoms with Gasteiger partial charge in [0, 0.05) is 17.8 Å². The zero-order valence-electron chi connectivity index (χ0n) is 13.0. The van der Waals surface area contributed by atoms with Gasteiger partial charge < -0.3 is 19.5 Å². The summed E-state index contributed by atoms with van der Waals surface area (Å²) < 4.78 is 27.8. The average molecular weight is 333 g/mol. The quantitative estimate of drug-likeness (QED) is 0.788. The Hall–Kier alpha value is -3.09. The van der Waals surface area contributed by atoms with E-state index in [-0.39, 0.29) is 5.75 Å². The minimum absolute atomic E-state index is 0.202. The molecule has 0 atom stereocenters. The Morgan fingerprint density at radius 2 is 1.79 bits per heavy atom. The van der Waals surface area contributed by atoms with E-state index in [0.29, 0.717) is 11.4 Å². The lowest BCUT2D eigenvalue weighted by Gasteiger charge is -2.08. The molecule has 1 amide bonds. The molecular weight excluding hydrogens is 317 g/mol. The highest BCUT2D eigenvalue weighted by Gasteiger charge is 2.09. The lowest BCUT2D eigenvalue weighted by Crippen LogP contribution is -2.23. The first-order chi connectivity index (χ1) is 11.6. The predicted molar refractivity (Wildman–Crippen MR) is 84.5 cm³/mol. The van der Waals surface area contributed by atoms with Crippen molar-refractivity contribution < 1.29 is 28.2 Å². The molecule has 0 bridgehead atoms. The van der Waals surface area contributed by atoms with E-state index in [9.17, 15) is 14.0 Å². The second kappa shape index (κ2) is 8.52. The molecule has 7 heteroatoms. The second-order valence-electron chi connectivity index (χ2n) is 4.69. The SMILES string of the molecule is COc1cccc(NC(=O)COC(=O)COc2cccc(F)c2)c1. The van der Waals surface area contributed by atoms with Gasteiger partial charge in [0.25, 0.3) is 5.91 Å². The van der Waals surface area contributed by atoms with Gasteiger partial charge in [-0.3, -0.25) is 4.79 Å². The lowest BCUT2D eigenvalue weighted by molar-refractivity contribution is -0.149. The molecule has 2 aromatic rings. The first kappa shape index (κ1) is 17.3. The number of carbonyl (C=O) groups excluding carboxylic acids is 2. The Kier molecular flexibility index (Phi) is 6.13. The highest BCUT2D eigenvalue weighted by atomic mass is 19.1. The molecule has 0 saturated carbocycles. The van der Waals surface area contributed by atoms with Gasteiger partial charge in [-0.1, -0.05) is 12.1 Å². The van der Waals surface area contributed by atoms with Gasteiger partial charge in [-0.25, -0.2) is 9.18 Å². The Morgan fingerprint density at radius 1 is 1.04 bits per heavy atom. The summed E-state index contributed by atoms with van der Waals surface area (Å²) in [6.45, 7) is -0.877. The third-order valence-electron chi connectivity index (χ3n) is 2.87. The van der Waals surface area contributed by atoms with Crippen LogP contribution in [0.4, 0.5) is 10.1 Å². The van der Waals surface area contributed by atoms with E-state index in [2.05, 4.69) is 5.32 Å². The minimum atomic E-state index is -0.736. The normalized spacial score (nSPS) is 9.92. The summed E-state index contributed by atoms with van der Waals surface area (Å²) in [4.78, 5) is 23.2. The Bertz CT molecular complexity index is 720. The molecule has 0 fully saturated rings. The number of benzene rings is 2. The van der Waals surface area contributed by atoms with Crippen molar-refractivity contribution in [3.8, 4) is 11.5 Å². The Balaban J connectivity index is 1.73. The third kappa shape index (κ3) is 5.60. The van der Waals surface area contributed by atoms with Crippen LogP contribution in [-0.2, 0) is 14.3 Å². The number of hydrogen-bond donors (Lipinski definition) is 1. The number of nitrogens with one attached hydrogen (secondary N) is 1. The van der Waals surface area contributed by atoms with Crippen LogP contribution in [0.3, 0.4) is 0 Å². The van der Waals surface area contributed by atoms with Gasteiger partial charge in [0.2, 0.25) is 0 Å². The molecule has 2 rings (SSSR count). The van der Waals surface area contributed by atoms with Crippen LogP contribution in [0.1, 0.15) is 0 Å². The largest absolute Gasteiger partial charge is 0.497 e. The topological polar surface area (TPSA) is 73.9 Å². The van der Waals surface area contributed by atoms with Gasteiger partial charge in [0.05, 0.1) is 7.11 Å². The highest BCUT2D eigenvalue weighted by molar-refractivity contribution is 5.93. The van der Waals surface area contributed by atoms with Crippen molar-refractivity contribution in [3.63, 3.8) is 0 Å². The van der Waals surface area contributed by atoms with Crippen LogP contribution in [0.2, 0.25) is 0 Å². The number of carbonyl (C=O) groups is 2. The van der Waals surface area contributed by atoms with Crippen LogP contribution in [-0.4, -0.2) is 32.2 Å². The molecular formula is C17H16FNO5. The van der Waals surface area contributed by atoms with Crippen molar-refractivity contribution in [1.82, 2.24) is 0 Å². The fourth-order valence-electron chi connectivity index (χ4n) is 1.78. The van der Waals surface area contributed by atoms with Crippen molar-refractivity contribution in [2.24, 2.45) is 0 Å². The van der Waals surface area contributed by atoms with E-state index in [1.165, 1.54) is 25.3 Å². The number of amides is 1. The molecule has 2 aromatic carbocycles. The molecule has 0 aliphatic heterocycles. The summed E-state index contributed by atoms with van der Waals surface area (Å²) in [5.74, 6) is -0.915. The van der Waals surface area contributed by atoms with Crippen molar-refractivity contribution in [2.45, 2.75) is 0 Å². The molecule has 126 valence electrons. The summed E-state index contributed by atoms with van der Waals surface area (Å²) in [7, 11) is 1.52. The van der Waals surface area contributed by atoms with Gasteiger partial charge in [-0.15, -0.1) is 0 Å². The zero-order chi connectivity index (χ0) is 17.4. The number of methoxy groups -OCH3 is 1. The maximum Gasteiger partial charge on any atom is 0.344 e. The molecule has 0 unspecified atom stereocenters. The standard InChI is InChI=1S/C17H16FNO5/c1-22-14-6-3-5-13(9-14)19-16(20)10-24-17(21)11-23-15-7-2-4-12(18)8-15/h2-9H,10-11H2,1H3,(H,19,20). The van der Waals surface area contributed by atoms with E-state index in [4.69, 9.17) is 14.2 Å². The molecule has 0 spiro atoms. The van der Waals surface area contributed by atoms with Gasteiger partial charge in [-0.2, -0.15) is 0 Å². The summed E-state index contributed by atoms with van der Waals surface area (Å²) in [5.41, 5.74) is 0.520. The number of anilines is 1. The maximum absolute atomic E-state index is 12.9. The van der Waals surface area contributed by atoms with Crippen molar-refractivity contribution in [2.75, 3.05) is 25.6 Å². The molecule has 1 N–H and O–H groups in total. The third-order valence-corrected chi connectivity index (χ3v) is 2.87. The highest BCUT2D eigenvalue weighted by Crippen LogP contribution is 2.16. The zero-order valence-corrected chi connectivity index (χ0v) is 13.0. The van der Waals surface area contributed by atoms with E-state index in [1.54, 1.807) is 24.3 Å². The average Bonchev–Trinajstić information content (AvgIpc) is 2.58. The van der Waals surface area contributed by atoms with Crippen LogP contribution in [0.25, 0.3) is 0 Å². The fraction of sp³-hybridized carbons (Fsp3) is 0.176. The Labute approximate surface area is 138 Å². The fourth-order valence-corrected chi connectivity index (χ4v) is 1.78. The van der Waals surface area contributed by atoms with Crippen LogP contribution < -0.4 is 14.8 Å². The van der Waals surface area contributed by atoms with E-state index < -0.39 is 30.9 Å². The molecule has 6 nitrogen and oxygen atoms in total. The van der Waals surface area contributed by atoms with Gasteiger partial charge in [0.1, 0.15) is 17.3 Å². The van der Waals surface area contributed by atoms with Crippen molar-refractivity contribution in [3.05, 3.63) is 54.3 Å². The van der Waals surface area contributed by atoms with E-state index in [0.717, 1.165) is 6.07 Å². The summed E-state index contributed by atoms with van der Waals surface area (Å²) in [6, 6.07) is 12.1. The summed E-state index contributed by atoms with van der Waals surface area (Å²) in [6.07, 6.45) is 0. The molecule has 0 aromatic heterocycles. The molecule has 0 aliphatic rings. The first-order valence-corrected chi connectivity index (χ1v) is 7.05. The van der Waals surface area contributed by atoms with Gasteiger partial charge in [-0.05, 0) is 24.3 Å². The molecule has 0 heterocycles. The number of ether oxygens (including phenoxy) is 3. The maximum atomic E-state index is 12.9. The summed E-state index contributed by atoms with van der Waals surface area (Å²) in [5, 5.41) is 2.57.